The smallest absolute Gasteiger partial charge is 0.133 e. The number of ether oxygens (including phenoxy) is 1. The van der Waals surface area contributed by atoms with Gasteiger partial charge in [0.1, 0.15) is 5.75 Å². The first-order valence-electron chi connectivity index (χ1n) is 7.66. The summed E-state index contributed by atoms with van der Waals surface area (Å²) in [5.74, 6) is 1.61. The molecule has 1 N–H and O–H groups in total. The molecule has 0 aliphatic carbocycles. The van der Waals surface area contributed by atoms with Gasteiger partial charge < -0.3 is 10.1 Å². The number of benzene rings is 1. The molecular weight excluding hydrogens is 350 g/mol. The van der Waals surface area contributed by atoms with Crippen LogP contribution in [0.4, 0.5) is 0 Å². The average Bonchev–Trinajstić information content (AvgIpc) is 2.47. The van der Waals surface area contributed by atoms with E-state index in [1.54, 1.807) is 0 Å². The summed E-state index contributed by atoms with van der Waals surface area (Å²) in [5, 5.41) is 3.43. The van der Waals surface area contributed by atoms with Crippen LogP contribution in [0.2, 0.25) is 0 Å². The third kappa shape index (κ3) is 5.15. The first-order valence-corrected chi connectivity index (χ1v) is 8.46. The molecular formula is C17H27BrClNO. The van der Waals surface area contributed by atoms with Gasteiger partial charge in [0.15, 0.2) is 0 Å². The standard InChI is InChI=1S/C17H26BrNO.ClH/c1-4-17(2,3)14-7-8-16(15(18)10-14)20-12-13-6-5-9-19-11-13;/h7-8,10,13,19H,4-6,9,11-12H2,1-3H3;1H. The summed E-state index contributed by atoms with van der Waals surface area (Å²) in [4.78, 5) is 0. The van der Waals surface area contributed by atoms with E-state index < -0.39 is 0 Å². The lowest BCUT2D eigenvalue weighted by Crippen LogP contribution is -2.33. The van der Waals surface area contributed by atoms with Gasteiger partial charge in [-0.15, -0.1) is 12.4 Å². The molecule has 1 atom stereocenters. The largest absolute Gasteiger partial charge is 0.492 e. The van der Waals surface area contributed by atoms with Crippen molar-refractivity contribution in [3.8, 4) is 5.75 Å². The van der Waals surface area contributed by atoms with Crippen LogP contribution < -0.4 is 10.1 Å². The molecule has 1 aliphatic rings. The monoisotopic (exact) mass is 375 g/mol. The van der Waals surface area contributed by atoms with E-state index in [1.165, 1.54) is 18.4 Å². The number of hydrogen-bond donors (Lipinski definition) is 1. The van der Waals surface area contributed by atoms with E-state index in [4.69, 9.17) is 4.74 Å². The summed E-state index contributed by atoms with van der Waals surface area (Å²) in [6.45, 7) is 9.84. The zero-order valence-electron chi connectivity index (χ0n) is 13.2. The number of rotatable bonds is 5. The second-order valence-electron chi connectivity index (χ2n) is 6.41. The molecule has 0 amide bonds. The molecule has 1 saturated heterocycles. The summed E-state index contributed by atoms with van der Waals surface area (Å²) < 4.78 is 7.06. The Labute approximate surface area is 143 Å². The van der Waals surface area contributed by atoms with E-state index in [1.807, 2.05) is 0 Å². The topological polar surface area (TPSA) is 21.3 Å². The van der Waals surface area contributed by atoms with Crippen LogP contribution in [0.3, 0.4) is 0 Å². The number of nitrogens with one attached hydrogen (secondary N) is 1. The van der Waals surface area contributed by atoms with Gasteiger partial charge in [-0.05, 0) is 64.8 Å². The van der Waals surface area contributed by atoms with Gasteiger partial charge in [-0.25, -0.2) is 0 Å². The number of piperidine rings is 1. The van der Waals surface area contributed by atoms with Gasteiger partial charge in [0.25, 0.3) is 0 Å². The maximum absolute atomic E-state index is 5.99. The van der Waals surface area contributed by atoms with Crippen LogP contribution in [0.25, 0.3) is 0 Å². The van der Waals surface area contributed by atoms with Gasteiger partial charge in [0, 0.05) is 12.5 Å². The third-order valence-corrected chi connectivity index (χ3v) is 5.09. The van der Waals surface area contributed by atoms with E-state index in [9.17, 15) is 0 Å². The fourth-order valence-corrected chi connectivity index (χ4v) is 3.01. The minimum atomic E-state index is 0. The highest BCUT2D eigenvalue weighted by Gasteiger charge is 2.19. The van der Waals surface area contributed by atoms with Crippen molar-refractivity contribution in [3.63, 3.8) is 0 Å². The molecule has 0 bridgehead atoms. The number of halogens is 2. The Morgan fingerprint density at radius 1 is 1.38 bits per heavy atom. The van der Waals surface area contributed by atoms with E-state index in [2.05, 4.69) is 60.2 Å². The first-order chi connectivity index (χ1) is 9.53. The molecule has 1 aromatic rings. The Hall–Kier alpha value is -0.250. The van der Waals surface area contributed by atoms with Crippen molar-refractivity contribution in [2.24, 2.45) is 5.92 Å². The molecule has 1 fully saturated rings. The quantitative estimate of drug-likeness (QED) is 0.786. The minimum Gasteiger partial charge on any atom is -0.492 e. The van der Waals surface area contributed by atoms with Crippen molar-refractivity contribution < 1.29 is 4.74 Å². The van der Waals surface area contributed by atoms with Gasteiger partial charge >= 0.3 is 0 Å². The van der Waals surface area contributed by atoms with Crippen molar-refractivity contribution in [1.82, 2.24) is 5.32 Å². The maximum Gasteiger partial charge on any atom is 0.133 e. The van der Waals surface area contributed by atoms with Gasteiger partial charge in [0.05, 0.1) is 11.1 Å². The average molecular weight is 377 g/mol. The third-order valence-electron chi connectivity index (χ3n) is 4.47. The fourth-order valence-electron chi connectivity index (χ4n) is 2.52. The lowest BCUT2D eigenvalue weighted by atomic mass is 9.82. The van der Waals surface area contributed by atoms with Crippen molar-refractivity contribution in [2.45, 2.75) is 45.4 Å². The molecule has 0 aromatic heterocycles. The van der Waals surface area contributed by atoms with Crippen molar-refractivity contribution in [3.05, 3.63) is 28.2 Å². The number of hydrogen-bond acceptors (Lipinski definition) is 2. The SMILES string of the molecule is CCC(C)(C)c1ccc(OCC2CCCNC2)c(Br)c1.Cl. The van der Waals surface area contributed by atoms with Crippen LogP contribution in [0.1, 0.15) is 45.6 Å². The molecule has 4 heteroatoms. The van der Waals surface area contributed by atoms with E-state index in [0.717, 1.165) is 36.3 Å². The van der Waals surface area contributed by atoms with Gasteiger partial charge in [-0.3, -0.25) is 0 Å². The molecule has 120 valence electrons. The lowest BCUT2D eigenvalue weighted by molar-refractivity contribution is 0.217. The molecule has 1 aliphatic heterocycles. The van der Waals surface area contributed by atoms with Gasteiger partial charge in [0.2, 0.25) is 0 Å². The predicted molar refractivity (Wildman–Crippen MR) is 95.8 cm³/mol. The second kappa shape index (κ2) is 8.40. The van der Waals surface area contributed by atoms with E-state index in [-0.39, 0.29) is 17.8 Å². The van der Waals surface area contributed by atoms with Crippen LogP contribution in [-0.4, -0.2) is 19.7 Å². The highest BCUT2D eigenvalue weighted by molar-refractivity contribution is 9.10. The van der Waals surface area contributed by atoms with Crippen molar-refractivity contribution in [2.75, 3.05) is 19.7 Å². The Balaban J connectivity index is 0.00000220. The Morgan fingerprint density at radius 2 is 2.14 bits per heavy atom. The fraction of sp³-hybridized carbons (Fsp3) is 0.647. The van der Waals surface area contributed by atoms with Crippen LogP contribution >= 0.6 is 28.3 Å². The summed E-state index contributed by atoms with van der Waals surface area (Å²) in [5.41, 5.74) is 1.58. The predicted octanol–water partition coefficient (Wildman–Crippen LogP) is 4.94. The zero-order valence-corrected chi connectivity index (χ0v) is 15.6. The highest BCUT2D eigenvalue weighted by atomic mass is 79.9. The molecule has 2 nitrogen and oxygen atoms in total. The van der Waals surface area contributed by atoms with Crippen LogP contribution in [-0.2, 0) is 5.41 Å². The maximum atomic E-state index is 5.99. The summed E-state index contributed by atoms with van der Waals surface area (Å²) in [6.07, 6.45) is 3.66. The summed E-state index contributed by atoms with van der Waals surface area (Å²) >= 11 is 3.65. The second-order valence-corrected chi connectivity index (χ2v) is 7.26. The Bertz CT molecular complexity index is 444. The van der Waals surface area contributed by atoms with Crippen LogP contribution in [0.15, 0.2) is 22.7 Å². The highest BCUT2D eigenvalue weighted by Crippen LogP contribution is 2.33. The molecule has 0 spiro atoms. The van der Waals surface area contributed by atoms with Crippen molar-refractivity contribution >= 4 is 28.3 Å². The van der Waals surface area contributed by atoms with Crippen LogP contribution in [0.5, 0.6) is 5.75 Å². The van der Waals surface area contributed by atoms with E-state index >= 15 is 0 Å². The zero-order chi connectivity index (χ0) is 14.6. The van der Waals surface area contributed by atoms with Gasteiger partial charge in [-0.1, -0.05) is 26.8 Å². The normalized spacial score (nSPS) is 19.0. The molecule has 21 heavy (non-hydrogen) atoms. The molecule has 0 saturated carbocycles. The molecule has 1 unspecified atom stereocenters. The molecule has 1 heterocycles. The Kier molecular flexibility index (Phi) is 7.52. The van der Waals surface area contributed by atoms with Gasteiger partial charge in [-0.2, -0.15) is 0 Å². The molecule has 1 aromatic carbocycles. The Morgan fingerprint density at radius 3 is 2.71 bits per heavy atom. The minimum absolute atomic E-state index is 0. The lowest BCUT2D eigenvalue weighted by Gasteiger charge is -2.25. The van der Waals surface area contributed by atoms with E-state index in [0.29, 0.717) is 5.92 Å². The summed E-state index contributed by atoms with van der Waals surface area (Å²) in [7, 11) is 0. The first kappa shape index (κ1) is 18.8. The van der Waals surface area contributed by atoms with Crippen molar-refractivity contribution in [1.29, 1.82) is 0 Å². The summed E-state index contributed by atoms with van der Waals surface area (Å²) in [6, 6.07) is 6.51. The molecule has 2 rings (SSSR count). The van der Waals surface area contributed by atoms with Crippen LogP contribution in [0, 0.1) is 5.92 Å². The molecule has 0 radical (unpaired) electrons.